The second kappa shape index (κ2) is 12.2. The molecule has 4 unspecified atom stereocenters. The third-order valence-electron chi connectivity index (χ3n) is 13.8. The third-order valence-corrected chi connectivity index (χ3v) is 13.8. The minimum atomic E-state index is 0.139. The first-order valence-corrected chi connectivity index (χ1v) is 20.7. The Morgan fingerprint density at radius 2 is 0.379 bits per heavy atom. The van der Waals surface area contributed by atoms with E-state index in [1.807, 2.05) is 0 Å². The average molecular weight is 735 g/mol. The Labute approximate surface area is 339 Å². The highest BCUT2D eigenvalue weighted by molar-refractivity contribution is 5.95. The molecule has 0 saturated carbocycles. The molecule has 4 aliphatic rings. The molecule has 0 saturated heterocycles. The standard InChI is InChI=1S/C58H38/c1-5-17-35(18-6-1)55-41-27-15-13-25-39(41)43-29-51-45(31-49(43)55)47-33-54-48(34-53(47)57(51)37-21-9-3-10-22-37)46-32-50-44(30-52(46)58(54)38-23-11-4-12-24-38)40-26-14-16-28-42(40)56(50)36-19-7-2-8-20-36/h1-34,55-58H. The summed E-state index contributed by atoms with van der Waals surface area (Å²) in [7, 11) is 0. The summed E-state index contributed by atoms with van der Waals surface area (Å²) >= 11 is 0. The van der Waals surface area contributed by atoms with Crippen LogP contribution in [0.15, 0.2) is 206 Å². The molecule has 0 heteroatoms. The number of hydrogen-bond acceptors (Lipinski definition) is 0. The number of rotatable bonds is 4. The van der Waals surface area contributed by atoms with Gasteiger partial charge in [-0.05, 0) is 148 Å². The van der Waals surface area contributed by atoms with Crippen molar-refractivity contribution < 1.29 is 0 Å². The Hall–Kier alpha value is -7.02. The van der Waals surface area contributed by atoms with Gasteiger partial charge < -0.3 is 0 Å². The van der Waals surface area contributed by atoms with Gasteiger partial charge in [-0.2, -0.15) is 0 Å². The fourth-order valence-corrected chi connectivity index (χ4v) is 11.4. The molecule has 270 valence electrons. The van der Waals surface area contributed by atoms with Gasteiger partial charge in [0.05, 0.1) is 0 Å². The smallest absolute Gasteiger partial charge is 0.0352 e. The van der Waals surface area contributed by atoms with E-state index in [1.165, 1.54) is 111 Å². The predicted octanol–water partition coefficient (Wildman–Crippen LogP) is 14.3. The van der Waals surface area contributed by atoms with Gasteiger partial charge in [0.1, 0.15) is 0 Å². The van der Waals surface area contributed by atoms with Crippen LogP contribution in [0.1, 0.15) is 90.4 Å². The van der Waals surface area contributed by atoms with E-state index in [-0.39, 0.29) is 23.7 Å². The molecule has 58 heavy (non-hydrogen) atoms. The van der Waals surface area contributed by atoms with Crippen LogP contribution >= 0.6 is 0 Å². The van der Waals surface area contributed by atoms with Crippen molar-refractivity contribution in [2.24, 2.45) is 0 Å². The van der Waals surface area contributed by atoms with E-state index in [0.717, 1.165) is 0 Å². The first kappa shape index (κ1) is 32.1. The van der Waals surface area contributed by atoms with Crippen molar-refractivity contribution in [1.29, 1.82) is 0 Å². The first-order chi connectivity index (χ1) is 28.8. The summed E-state index contributed by atoms with van der Waals surface area (Å²) in [6.07, 6.45) is 0. The quantitative estimate of drug-likeness (QED) is 0.169. The molecule has 0 nitrogen and oxygen atoms in total. The summed E-state index contributed by atoms with van der Waals surface area (Å²) in [5, 5.41) is 0. The molecular formula is C58H38. The van der Waals surface area contributed by atoms with Gasteiger partial charge in [0, 0.05) is 23.7 Å². The minimum absolute atomic E-state index is 0.139. The molecule has 0 radical (unpaired) electrons. The SMILES string of the molecule is c1ccc(C2c3ccccc3-c3cc4c(cc32)-c2cc3c(cc2C4c2ccccc2)-c2cc4c(cc2C3c2ccccc2)-c2ccccc2C4c2ccccc2)cc1. The molecule has 0 heterocycles. The van der Waals surface area contributed by atoms with Crippen LogP contribution in [0, 0.1) is 0 Å². The van der Waals surface area contributed by atoms with Crippen molar-refractivity contribution in [3.63, 3.8) is 0 Å². The molecule has 0 fully saturated rings. The van der Waals surface area contributed by atoms with Crippen LogP contribution in [0.2, 0.25) is 0 Å². The average Bonchev–Trinajstić information content (AvgIpc) is 3.99. The van der Waals surface area contributed by atoms with Crippen LogP contribution in [-0.4, -0.2) is 0 Å². The summed E-state index contributed by atoms with van der Waals surface area (Å²) in [5.41, 5.74) is 27.7. The van der Waals surface area contributed by atoms with E-state index in [1.54, 1.807) is 0 Å². The highest BCUT2D eigenvalue weighted by atomic mass is 14.4. The number of fused-ring (bicyclic) bond motifs is 12. The van der Waals surface area contributed by atoms with Crippen molar-refractivity contribution in [1.82, 2.24) is 0 Å². The van der Waals surface area contributed by atoms with Crippen LogP contribution in [0.25, 0.3) is 44.5 Å². The van der Waals surface area contributed by atoms with Gasteiger partial charge in [-0.15, -0.1) is 0 Å². The Kier molecular flexibility index (Phi) is 6.77. The van der Waals surface area contributed by atoms with Gasteiger partial charge in [0.25, 0.3) is 0 Å². The van der Waals surface area contributed by atoms with Crippen molar-refractivity contribution in [2.45, 2.75) is 23.7 Å². The molecule has 0 spiro atoms. The molecule has 0 bridgehead atoms. The Morgan fingerprint density at radius 3 is 0.655 bits per heavy atom. The molecule has 0 amide bonds. The zero-order valence-electron chi connectivity index (χ0n) is 31.9. The van der Waals surface area contributed by atoms with Crippen LogP contribution in [0.4, 0.5) is 0 Å². The van der Waals surface area contributed by atoms with Crippen LogP contribution in [-0.2, 0) is 0 Å². The molecule has 0 N–H and O–H groups in total. The summed E-state index contributed by atoms with van der Waals surface area (Å²) in [6, 6.07) is 78.3. The van der Waals surface area contributed by atoms with Crippen LogP contribution in [0.5, 0.6) is 0 Å². The summed E-state index contributed by atoms with van der Waals surface area (Å²) in [4.78, 5) is 0. The first-order valence-electron chi connectivity index (χ1n) is 20.7. The molecule has 9 aromatic rings. The maximum Gasteiger partial charge on any atom is 0.0352 e. The van der Waals surface area contributed by atoms with Gasteiger partial charge in [-0.1, -0.05) is 170 Å². The predicted molar refractivity (Wildman–Crippen MR) is 238 cm³/mol. The van der Waals surface area contributed by atoms with E-state index < -0.39 is 0 Å². The minimum Gasteiger partial charge on any atom is -0.0622 e. The number of benzene rings is 9. The van der Waals surface area contributed by atoms with Crippen LogP contribution < -0.4 is 0 Å². The molecular weight excluding hydrogens is 697 g/mol. The van der Waals surface area contributed by atoms with E-state index in [0.29, 0.717) is 0 Å². The normalized spacial score (nSPS) is 18.3. The lowest BCUT2D eigenvalue weighted by atomic mass is 9.85. The molecule has 4 aliphatic carbocycles. The highest BCUT2D eigenvalue weighted by Crippen LogP contribution is 2.60. The molecule has 0 aromatic heterocycles. The lowest BCUT2D eigenvalue weighted by Gasteiger charge is -2.18. The monoisotopic (exact) mass is 734 g/mol. The lowest BCUT2D eigenvalue weighted by Crippen LogP contribution is -2.01. The summed E-state index contributed by atoms with van der Waals surface area (Å²) < 4.78 is 0. The summed E-state index contributed by atoms with van der Waals surface area (Å²) in [5.74, 6) is 0.686. The Balaban J connectivity index is 1.07. The van der Waals surface area contributed by atoms with Gasteiger partial charge >= 0.3 is 0 Å². The van der Waals surface area contributed by atoms with E-state index in [2.05, 4.69) is 206 Å². The summed E-state index contributed by atoms with van der Waals surface area (Å²) in [6.45, 7) is 0. The fraction of sp³-hybridized carbons (Fsp3) is 0.0690. The van der Waals surface area contributed by atoms with Crippen LogP contribution in [0.3, 0.4) is 0 Å². The Morgan fingerprint density at radius 1 is 0.172 bits per heavy atom. The van der Waals surface area contributed by atoms with Crippen molar-refractivity contribution >= 4 is 0 Å². The van der Waals surface area contributed by atoms with Crippen molar-refractivity contribution in [3.05, 3.63) is 273 Å². The second-order valence-electron chi connectivity index (χ2n) is 16.6. The number of hydrogen-bond donors (Lipinski definition) is 0. The molecule has 9 aromatic carbocycles. The van der Waals surface area contributed by atoms with E-state index in [9.17, 15) is 0 Å². The third kappa shape index (κ3) is 4.46. The largest absolute Gasteiger partial charge is 0.0622 e. The maximum absolute atomic E-state index is 2.60. The second-order valence-corrected chi connectivity index (χ2v) is 16.6. The molecule has 4 atom stereocenters. The molecule has 0 aliphatic heterocycles. The zero-order valence-corrected chi connectivity index (χ0v) is 31.9. The molecule has 13 rings (SSSR count). The van der Waals surface area contributed by atoms with Gasteiger partial charge in [-0.25, -0.2) is 0 Å². The highest BCUT2D eigenvalue weighted by Gasteiger charge is 2.41. The topological polar surface area (TPSA) is 0 Å². The van der Waals surface area contributed by atoms with Crippen molar-refractivity contribution in [3.8, 4) is 44.5 Å². The zero-order chi connectivity index (χ0) is 37.9. The van der Waals surface area contributed by atoms with Crippen molar-refractivity contribution in [2.75, 3.05) is 0 Å². The lowest BCUT2D eigenvalue weighted by molar-refractivity contribution is 0.994. The van der Waals surface area contributed by atoms with E-state index >= 15 is 0 Å². The Bertz CT molecular complexity index is 2890. The van der Waals surface area contributed by atoms with Gasteiger partial charge in [0.15, 0.2) is 0 Å². The van der Waals surface area contributed by atoms with Gasteiger partial charge in [0.2, 0.25) is 0 Å². The van der Waals surface area contributed by atoms with E-state index in [4.69, 9.17) is 0 Å². The maximum atomic E-state index is 2.60. The fourth-order valence-electron chi connectivity index (χ4n) is 11.4. The van der Waals surface area contributed by atoms with Gasteiger partial charge in [-0.3, -0.25) is 0 Å².